The second-order valence-electron chi connectivity index (χ2n) is 4.62. The summed E-state index contributed by atoms with van der Waals surface area (Å²) in [5, 5.41) is 15.1. The first kappa shape index (κ1) is 12.2. The maximum absolute atomic E-state index is 6.09. The van der Waals surface area contributed by atoms with E-state index >= 15 is 0 Å². The van der Waals surface area contributed by atoms with Gasteiger partial charge in [-0.2, -0.15) is 10.1 Å². The van der Waals surface area contributed by atoms with Crippen LogP contribution in [0.25, 0.3) is 0 Å². The van der Waals surface area contributed by atoms with Gasteiger partial charge < -0.3 is 10.6 Å². The van der Waals surface area contributed by atoms with Gasteiger partial charge in [-0.3, -0.25) is 0 Å². The number of benzene rings is 1. The van der Waals surface area contributed by atoms with Crippen molar-refractivity contribution in [1.82, 2.24) is 15.2 Å². The molecule has 0 bridgehead atoms. The molecular formula is C13H14ClN5. The highest BCUT2D eigenvalue weighted by Gasteiger charge is 2.22. The van der Waals surface area contributed by atoms with Crippen LogP contribution in [0.2, 0.25) is 5.02 Å². The summed E-state index contributed by atoms with van der Waals surface area (Å²) < 4.78 is 0. The second kappa shape index (κ2) is 5.01. The van der Waals surface area contributed by atoms with Crippen molar-refractivity contribution in [3.8, 4) is 0 Å². The van der Waals surface area contributed by atoms with E-state index in [1.165, 1.54) is 12.8 Å². The molecule has 6 heteroatoms. The number of halogens is 1. The molecule has 1 heterocycles. The van der Waals surface area contributed by atoms with E-state index < -0.39 is 0 Å². The Morgan fingerprint density at radius 3 is 2.95 bits per heavy atom. The fraction of sp³-hybridized carbons (Fsp3) is 0.308. The van der Waals surface area contributed by atoms with Crippen LogP contribution in [-0.4, -0.2) is 21.2 Å². The molecule has 0 unspecified atom stereocenters. The van der Waals surface area contributed by atoms with E-state index in [1.54, 1.807) is 6.20 Å². The lowest BCUT2D eigenvalue weighted by Gasteiger charge is -2.10. The van der Waals surface area contributed by atoms with Crippen LogP contribution in [-0.2, 0) is 0 Å². The quantitative estimate of drug-likeness (QED) is 0.897. The van der Waals surface area contributed by atoms with Gasteiger partial charge in [-0.1, -0.05) is 17.7 Å². The summed E-state index contributed by atoms with van der Waals surface area (Å²) in [6.07, 6.45) is 3.95. The Balaban J connectivity index is 1.80. The van der Waals surface area contributed by atoms with Crippen LogP contribution >= 0.6 is 11.6 Å². The highest BCUT2D eigenvalue weighted by Crippen LogP contribution is 2.26. The molecule has 19 heavy (non-hydrogen) atoms. The Morgan fingerprint density at radius 1 is 1.32 bits per heavy atom. The summed E-state index contributed by atoms with van der Waals surface area (Å²) >= 11 is 6.09. The summed E-state index contributed by atoms with van der Waals surface area (Å²) in [6, 6.07) is 6.22. The van der Waals surface area contributed by atoms with Crippen molar-refractivity contribution in [3.05, 3.63) is 35.0 Å². The monoisotopic (exact) mass is 275 g/mol. The van der Waals surface area contributed by atoms with Crippen molar-refractivity contribution in [2.45, 2.75) is 25.8 Å². The van der Waals surface area contributed by atoms with Gasteiger partial charge in [-0.15, -0.1) is 5.10 Å². The molecule has 2 aromatic rings. The first-order valence-corrected chi connectivity index (χ1v) is 6.58. The van der Waals surface area contributed by atoms with Crippen LogP contribution < -0.4 is 10.6 Å². The molecule has 5 nitrogen and oxygen atoms in total. The highest BCUT2D eigenvalue weighted by atomic mass is 35.5. The van der Waals surface area contributed by atoms with Gasteiger partial charge in [0.1, 0.15) is 0 Å². The van der Waals surface area contributed by atoms with E-state index in [2.05, 4.69) is 25.8 Å². The maximum atomic E-state index is 6.09. The maximum Gasteiger partial charge on any atom is 0.244 e. The Kier molecular flexibility index (Phi) is 3.21. The minimum absolute atomic E-state index is 0.505. The Morgan fingerprint density at radius 2 is 2.16 bits per heavy atom. The van der Waals surface area contributed by atoms with Gasteiger partial charge in [-0.05, 0) is 37.5 Å². The zero-order valence-corrected chi connectivity index (χ0v) is 11.3. The van der Waals surface area contributed by atoms with Crippen LogP contribution in [0.5, 0.6) is 0 Å². The highest BCUT2D eigenvalue weighted by molar-refractivity contribution is 6.31. The SMILES string of the molecule is Cc1c(Cl)cccc1Nc1cnnc(NC2CC2)n1. The number of aromatic nitrogens is 3. The molecule has 1 aromatic heterocycles. The summed E-state index contributed by atoms with van der Waals surface area (Å²) in [4.78, 5) is 4.38. The summed E-state index contributed by atoms with van der Waals surface area (Å²) in [5.74, 6) is 1.22. The van der Waals surface area contributed by atoms with Crippen molar-refractivity contribution in [2.75, 3.05) is 10.6 Å². The third-order valence-corrected chi connectivity index (χ3v) is 3.41. The summed E-state index contributed by atoms with van der Waals surface area (Å²) in [6.45, 7) is 1.96. The molecule has 1 saturated carbocycles. The number of hydrogen-bond donors (Lipinski definition) is 2. The predicted octanol–water partition coefficient (Wildman–Crippen LogP) is 3.15. The third kappa shape index (κ3) is 2.93. The van der Waals surface area contributed by atoms with Crippen molar-refractivity contribution >= 4 is 29.1 Å². The molecule has 98 valence electrons. The van der Waals surface area contributed by atoms with Crippen LogP contribution in [0.4, 0.5) is 17.5 Å². The zero-order chi connectivity index (χ0) is 13.2. The molecule has 0 atom stereocenters. The van der Waals surface area contributed by atoms with Crippen molar-refractivity contribution in [2.24, 2.45) is 0 Å². The van der Waals surface area contributed by atoms with Crippen LogP contribution in [0.3, 0.4) is 0 Å². The molecule has 2 N–H and O–H groups in total. The van der Waals surface area contributed by atoms with Crippen LogP contribution in [0, 0.1) is 6.92 Å². The molecule has 0 aliphatic heterocycles. The van der Waals surface area contributed by atoms with Crippen LogP contribution in [0.1, 0.15) is 18.4 Å². The average Bonchev–Trinajstić information content (AvgIpc) is 3.19. The topological polar surface area (TPSA) is 62.7 Å². The van der Waals surface area contributed by atoms with Crippen LogP contribution in [0.15, 0.2) is 24.4 Å². The molecule has 0 amide bonds. The minimum atomic E-state index is 0.505. The van der Waals surface area contributed by atoms with Gasteiger partial charge in [-0.25, -0.2) is 0 Å². The average molecular weight is 276 g/mol. The predicted molar refractivity (Wildman–Crippen MR) is 75.9 cm³/mol. The van der Waals surface area contributed by atoms with E-state index in [9.17, 15) is 0 Å². The minimum Gasteiger partial charge on any atom is -0.350 e. The molecule has 0 saturated heterocycles. The van der Waals surface area contributed by atoms with Gasteiger partial charge in [0.25, 0.3) is 0 Å². The Hall–Kier alpha value is -1.88. The van der Waals surface area contributed by atoms with E-state index in [-0.39, 0.29) is 0 Å². The molecule has 1 aliphatic carbocycles. The lowest BCUT2D eigenvalue weighted by molar-refractivity contribution is 0.947. The molecule has 3 rings (SSSR count). The van der Waals surface area contributed by atoms with Gasteiger partial charge >= 0.3 is 0 Å². The standard InChI is InChI=1S/C13H14ClN5/c1-8-10(14)3-2-4-11(8)17-12-7-15-19-13(18-12)16-9-5-6-9/h2-4,7,9H,5-6H2,1H3,(H2,16,17,18,19). The van der Waals surface area contributed by atoms with E-state index in [0.29, 0.717) is 17.8 Å². The smallest absolute Gasteiger partial charge is 0.244 e. The van der Waals surface area contributed by atoms with Gasteiger partial charge in [0.2, 0.25) is 5.95 Å². The molecule has 1 aliphatic rings. The first-order valence-electron chi connectivity index (χ1n) is 6.21. The second-order valence-corrected chi connectivity index (χ2v) is 5.03. The number of anilines is 3. The number of rotatable bonds is 4. The van der Waals surface area contributed by atoms with Crippen molar-refractivity contribution in [3.63, 3.8) is 0 Å². The lowest BCUT2D eigenvalue weighted by Crippen LogP contribution is -2.08. The fourth-order valence-electron chi connectivity index (χ4n) is 1.72. The normalized spacial score (nSPS) is 14.2. The Labute approximate surface area is 116 Å². The number of nitrogens with zero attached hydrogens (tertiary/aromatic N) is 3. The van der Waals surface area contributed by atoms with Gasteiger partial charge in [0.15, 0.2) is 5.82 Å². The Bertz CT molecular complexity index is 597. The van der Waals surface area contributed by atoms with Crippen molar-refractivity contribution in [1.29, 1.82) is 0 Å². The van der Waals surface area contributed by atoms with Gasteiger partial charge in [0, 0.05) is 16.8 Å². The number of nitrogens with one attached hydrogen (secondary N) is 2. The van der Waals surface area contributed by atoms with Crippen molar-refractivity contribution < 1.29 is 0 Å². The largest absolute Gasteiger partial charge is 0.350 e. The third-order valence-electron chi connectivity index (χ3n) is 3.00. The van der Waals surface area contributed by atoms with E-state index in [4.69, 9.17) is 11.6 Å². The molecule has 1 aromatic carbocycles. The first-order chi connectivity index (χ1) is 9.22. The fourth-order valence-corrected chi connectivity index (χ4v) is 1.89. The molecular weight excluding hydrogens is 262 g/mol. The molecule has 0 spiro atoms. The zero-order valence-electron chi connectivity index (χ0n) is 10.5. The van der Waals surface area contributed by atoms with Gasteiger partial charge in [0.05, 0.1) is 6.20 Å². The molecule has 1 fully saturated rings. The summed E-state index contributed by atoms with van der Waals surface area (Å²) in [7, 11) is 0. The lowest BCUT2D eigenvalue weighted by atomic mass is 10.2. The van der Waals surface area contributed by atoms with E-state index in [0.717, 1.165) is 16.3 Å². The van der Waals surface area contributed by atoms with E-state index in [1.807, 2.05) is 25.1 Å². The molecule has 0 radical (unpaired) electrons. The number of hydrogen-bond acceptors (Lipinski definition) is 5. The summed E-state index contributed by atoms with van der Waals surface area (Å²) in [5.41, 5.74) is 1.91.